The number of amides is 4. The van der Waals surface area contributed by atoms with Crippen LogP contribution in [0, 0.1) is 0 Å². The normalized spacial score (nSPS) is 21.4. The molecule has 0 saturated carbocycles. The predicted molar refractivity (Wildman–Crippen MR) is 88.1 cm³/mol. The van der Waals surface area contributed by atoms with E-state index in [1.807, 2.05) is 23.1 Å². The molecule has 3 rings (SSSR count). The predicted octanol–water partition coefficient (Wildman–Crippen LogP) is 1.22. The van der Waals surface area contributed by atoms with Gasteiger partial charge >= 0.3 is 17.8 Å². The van der Waals surface area contributed by atoms with Gasteiger partial charge in [0.25, 0.3) is 0 Å². The molecule has 1 atom stereocenters. The topological polar surface area (TPSA) is 79.4 Å². The highest BCUT2D eigenvalue weighted by molar-refractivity contribution is 6.44. The number of benzene rings is 1. The molecule has 0 bridgehead atoms. The lowest BCUT2D eigenvalue weighted by atomic mass is 10.0. The van der Waals surface area contributed by atoms with E-state index in [2.05, 4.69) is 0 Å². The highest BCUT2D eigenvalue weighted by Gasteiger charge is 2.44. The number of hydrogen-bond donors (Lipinski definition) is 0. The maximum Gasteiger partial charge on any atom is 0.335 e. The van der Waals surface area contributed by atoms with Crippen molar-refractivity contribution in [2.75, 3.05) is 34.5 Å². The number of likely N-dealkylation sites (N-methyl/N-ethyl adjacent to an activating group) is 1. The molecule has 1 aromatic rings. The summed E-state index contributed by atoms with van der Waals surface area (Å²) in [6.07, 6.45) is 1.81. The SMILES string of the molecule is COc1ccc([C@@H]2CCCN2CN2C(=O)C(=O)N(C)C2=O)c(OC)c1. The van der Waals surface area contributed by atoms with E-state index in [-0.39, 0.29) is 12.7 Å². The number of rotatable bonds is 5. The van der Waals surface area contributed by atoms with Crippen LogP contribution < -0.4 is 9.47 Å². The zero-order valence-corrected chi connectivity index (χ0v) is 14.5. The number of imide groups is 2. The summed E-state index contributed by atoms with van der Waals surface area (Å²) in [7, 11) is 4.50. The molecular formula is C17H21N3O5. The Labute approximate surface area is 145 Å². The van der Waals surface area contributed by atoms with E-state index in [1.54, 1.807) is 14.2 Å². The molecule has 2 aliphatic rings. The Balaban J connectivity index is 1.83. The molecule has 8 heteroatoms. The van der Waals surface area contributed by atoms with Crippen LogP contribution in [-0.4, -0.2) is 67.0 Å². The molecule has 0 unspecified atom stereocenters. The molecule has 2 saturated heterocycles. The minimum Gasteiger partial charge on any atom is -0.497 e. The Morgan fingerprint density at radius 2 is 1.88 bits per heavy atom. The Kier molecular flexibility index (Phi) is 4.63. The molecule has 8 nitrogen and oxygen atoms in total. The van der Waals surface area contributed by atoms with E-state index < -0.39 is 17.8 Å². The summed E-state index contributed by atoms with van der Waals surface area (Å²) in [5.74, 6) is -0.173. The van der Waals surface area contributed by atoms with Gasteiger partial charge in [-0.05, 0) is 18.9 Å². The van der Waals surface area contributed by atoms with Gasteiger partial charge in [0, 0.05) is 31.3 Å². The van der Waals surface area contributed by atoms with E-state index in [0.29, 0.717) is 11.5 Å². The quantitative estimate of drug-likeness (QED) is 0.589. The highest BCUT2D eigenvalue weighted by Crippen LogP contribution is 2.38. The fourth-order valence-electron chi connectivity index (χ4n) is 3.36. The molecule has 2 aliphatic heterocycles. The molecule has 0 aromatic heterocycles. The Hall–Kier alpha value is -2.61. The summed E-state index contributed by atoms with van der Waals surface area (Å²) >= 11 is 0. The number of ether oxygens (including phenoxy) is 2. The number of methoxy groups -OCH3 is 2. The Morgan fingerprint density at radius 1 is 1.12 bits per heavy atom. The monoisotopic (exact) mass is 347 g/mol. The van der Waals surface area contributed by atoms with Crippen molar-refractivity contribution in [1.29, 1.82) is 0 Å². The summed E-state index contributed by atoms with van der Waals surface area (Å²) in [5, 5.41) is 0. The minimum absolute atomic E-state index is 0.00228. The molecule has 134 valence electrons. The van der Waals surface area contributed by atoms with Crippen LogP contribution in [0.15, 0.2) is 18.2 Å². The maximum atomic E-state index is 12.1. The van der Waals surface area contributed by atoms with Gasteiger partial charge in [0.2, 0.25) is 0 Å². The largest absolute Gasteiger partial charge is 0.497 e. The third-order valence-corrected chi connectivity index (χ3v) is 4.74. The first-order valence-corrected chi connectivity index (χ1v) is 8.07. The third kappa shape index (κ3) is 2.93. The van der Waals surface area contributed by atoms with Crippen LogP contribution in [0.1, 0.15) is 24.4 Å². The van der Waals surface area contributed by atoms with Crippen molar-refractivity contribution in [3.63, 3.8) is 0 Å². The van der Waals surface area contributed by atoms with Crippen molar-refractivity contribution >= 4 is 17.8 Å². The van der Waals surface area contributed by atoms with Crippen molar-refractivity contribution in [1.82, 2.24) is 14.7 Å². The van der Waals surface area contributed by atoms with E-state index in [4.69, 9.17) is 9.47 Å². The lowest BCUT2D eigenvalue weighted by molar-refractivity contribution is -0.143. The average molecular weight is 347 g/mol. The smallest absolute Gasteiger partial charge is 0.335 e. The van der Waals surface area contributed by atoms with Crippen LogP contribution in [-0.2, 0) is 9.59 Å². The van der Waals surface area contributed by atoms with Gasteiger partial charge in [-0.2, -0.15) is 0 Å². The standard InChI is InChI=1S/C17H21N3O5/c1-18-15(21)16(22)20(17(18)23)10-19-8-4-5-13(19)12-7-6-11(24-2)9-14(12)25-3/h6-7,9,13H,4-5,8,10H2,1-3H3/t13-/m0/s1. The average Bonchev–Trinajstić information content (AvgIpc) is 3.16. The first-order chi connectivity index (χ1) is 12.0. The third-order valence-electron chi connectivity index (χ3n) is 4.74. The van der Waals surface area contributed by atoms with E-state index in [1.165, 1.54) is 7.05 Å². The summed E-state index contributed by atoms with van der Waals surface area (Å²) in [6.45, 7) is 0.822. The molecular weight excluding hydrogens is 326 g/mol. The van der Waals surface area contributed by atoms with E-state index in [0.717, 1.165) is 34.7 Å². The second-order valence-corrected chi connectivity index (χ2v) is 6.10. The molecule has 2 fully saturated rings. The van der Waals surface area contributed by atoms with Gasteiger partial charge in [0.15, 0.2) is 0 Å². The summed E-state index contributed by atoms with van der Waals surface area (Å²) in [5.41, 5.74) is 0.972. The van der Waals surface area contributed by atoms with Crippen LogP contribution in [0.5, 0.6) is 11.5 Å². The zero-order valence-electron chi connectivity index (χ0n) is 14.5. The summed E-state index contributed by atoms with van der Waals surface area (Å²) in [6, 6.07) is 5.03. The minimum atomic E-state index is -0.789. The summed E-state index contributed by atoms with van der Waals surface area (Å²) < 4.78 is 10.7. The van der Waals surface area contributed by atoms with Gasteiger partial charge in [0.05, 0.1) is 20.9 Å². The molecule has 0 aliphatic carbocycles. The number of carbonyl (C=O) groups is 3. The van der Waals surface area contributed by atoms with Gasteiger partial charge < -0.3 is 9.47 Å². The second-order valence-electron chi connectivity index (χ2n) is 6.10. The van der Waals surface area contributed by atoms with Gasteiger partial charge in [-0.3, -0.25) is 19.4 Å². The van der Waals surface area contributed by atoms with Crippen LogP contribution in [0.4, 0.5) is 4.79 Å². The van der Waals surface area contributed by atoms with Gasteiger partial charge in [-0.25, -0.2) is 9.69 Å². The molecule has 2 heterocycles. The zero-order chi connectivity index (χ0) is 18.1. The number of urea groups is 1. The molecule has 0 N–H and O–H groups in total. The Bertz CT molecular complexity index is 720. The maximum absolute atomic E-state index is 12.1. The highest BCUT2D eigenvalue weighted by atomic mass is 16.5. The van der Waals surface area contributed by atoms with Crippen LogP contribution in [0.2, 0.25) is 0 Å². The van der Waals surface area contributed by atoms with Crippen molar-refractivity contribution in [3.8, 4) is 11.5 Å². The Morgan fingerprint density at radius 3 is 2.48 bits per heavy atom. The number of likely N-dealkylation sites (tertiary alicyclic amines) is 1. The van der Waals surface area contributed by atoms with Crippen LogP contribution in [0.3, 0.4) is 0 Å². The molecule has 0 spiro atoms. The number of hydrogen-bond acceptors (Lipinski definition) is 6. The van der Waals surface area contributed by atoms with Crippen molar-refractivity contribution in [2.45, 2.75) is 18.9 Å². The van der Waals surface area contributed by atoms with Crippen LogP contribution in [0.25, 0.3) is 0 Å². The molecule has 4 amide bonds. The first kappa shape index (κ1) is 17.2. The molecule has 0 radical (unpaired) electrons. The number of nitrogens with zero attached hydrogens (tertiary/aromatic N) is 3. The van der Waals surface area contributed by atoms with Gasteiger partial charge in [0.1, 0.15) is 11.5 Å². The second kappa shape index (κ2) is 6.72. The van der Waals surface area contributed by atoms with Crippen molar-refractivity contribution in [2.24, 2.45) is 0 Å². The fourth-order valence-corrected chi connectivity index (χ4v) is 3.36. The lowest BCUT2D eigenvalue weighted by Gasteiger charge is -2.28. The molecule has 1 aromatic carbocycles. The van der Waals surface area contributed by atoms with E-state index >= 15 is 0 Å². The van der Waals surface area contributed by atoms with Crippen LogP contribution >= 0.6 is 0 Å². The van der Waals surface area contributed by atoms with Crippen molar-refractivity contribution < 1.29 is 23.9 Å². The fraction of sp³-hybridized carbons (Fsp3) is 0.471. The van der Waals surface area contributed by atoms with E-state index in [9.17, 15) is 14.4 Å². The van der Waals surface area contributed by atoms with Gasteiger partial charge in [-0.1, -0.05) is 6.07 Å². The summed E-state index contributed by atoms with van der Waals surface area (Å²) in [4.78, 5) is 39.7. The molecule has 25 heavy (non-hydrogen) atoms. The first-order valence-electron chi connectivity index (χ1n) is 8.07. The van der Waals surface area contributed by atoms with Gasteiger partial charge in [-0.15, -0.1) is 0 Å². The number of carbonyl (C=O) groups excluding carboxylic acids is 3. The lowest BCUT2D eigenvalue weighted by Crippen LogP contribution is -2.41. The van der Waals surface area contributed by atoms with Crippen molar-refractivity contribution in [3.05, 3.63) is 23.8 Å².